The first-order chi connectivity index (χ1) is 15.2. The Balaban J connectivity index is 2.99. The molecule has 32 heavy (non-hydrogen) atoms. The van der Waals surface area contributed by atoms with Gasteiger partial charge in [0.2, 0.25) is 0 Å². The minimum atomic E-state index is 0.0992. The molecule has 7 heteroatoms. The molecule has 0 heterocycles. The summed E-state index contributed by atoms with van der Waals surface area (Å²) in [7, 11) is 4.97. The summed E-state index contributed by atoms with van der Waals surface area (Å²) < 4.78 is 10.8. The van der Waals surface area contributed by atoms with E-state index >= 15 is 0 Å². The highest BCUT2D eigenvalue weighted by atomic mass is 16.5. The van der Waals surface area contributed by atoms with E-state index in [4.69, 9.17) is 20.3 Å². The lowest BCUT2D eigenvalue weighted by molar-refractivity contribution is 0.198. The van der Waals surface area contributed by atoms with Gasteiger partial charge in [-0.1, -0.05) is 19.9 Å². The summed E-state index contributed by atoms with van der Waals surface area (Å²) in [6, 6.07) is 0.266. The van der Waals surface area contributed by atoms with E-state index in [1.54, 1.807) is 21.3 Å². The maximum absolute atomic E-state index is 7.75. The third-order valence-electron chi connectivity index (χ3n) is 5.46. The molecule has 0 aliphatic heterocycles. The molecule has 1 unspecified atom stereocenters. The van der Waals surface area contributed by atoms with Gasteiger partial charge in [-0.25, -0.2) is 0 Å². The van der Waals surface area contributed by atoms with Crippen molar-refractivity contribution in [3.8, 4) is 0 Å². The second-order valence-corrected chi connectivity index (χ2v) is 8.45. The Morgan fingerprint density at radius 2 is 1.88 bits per heavy atom. The summed E-state index contributed by atoms with van der Waals surface area (Å²) in [4.78, 5) is 11.1. The first-order valence-corrected chi connectivity index (χ1v) is 11.2. The molecule has 0 bridgehead atoms. The summed E-state index contributed by atoms with van der Waals surface area (Å²) in [5.41, 5.74) is 1.50. The lowest BCUT2D eigenvalue weighted by atomic mass is 10.0. The van der Waals surface area contributed by atoms with Gasteiger partial charge < -0.3 is 14.9 Å². The van der Waals surface area contributed by atoms with E-state index < -0.39 is 0 Å². The third kappa shape index (κ3) is 10.2. The van der Waals surface area contributed by atoms with Crippen LogP contribution in [0.1, 0.15) is 40.5 Å². The van der Waals surface area contributed by atoms with Crippen LogP contribution in [0.4, 0.5) is 0 Å². The first-order valence-electron chi connectivity index (χ1n) is 11.2. The Bertz CT molecular complexity index is 773. The maximum atomic E-state index is 7.75. The van der Waals surface area contributed by atoms with Gasteiger partial charge in [-0.15, -0.1) is 0 Å². The Labute approximate surface area is 194 Å². The number of rotatable bonds is 15. The predicted octanol–water partition coefficient (Wildman–Crippen LogP) is 4.56. The molecule has 0 spiro atoms. The van der Waals surface area contributed by atoms with Gasteiger partial charge in [0.1, 0.15) is 5.76 Å². The van der Waals surface area contributed by atoms with Crippen molar-refractivity contribution in [1.82, 2.24) is 4.90 Å². The van der Waals surface area contributed by atoms with E-state index in [1.165, 1.54) is 12.8 Å². The molecule has 1 aliphatic carbocycles. The van der Waals surface area contributed by atoms with Crippen molar-refractivity contribution >= 4 is 23.3 Å². The van der Waals surface area contributed by atoms with E-state index in [0.717, 1.165) is 42.5 Å². The molecule has 0 aromatic rings. The topological polar surface area (TPSA) is 94.1 Å². The van der Waals surface area contributed by atoms with Crippen LogP contribution in [-0.4, -0.2) is 75.2 Å². The molecule has 178 valence electrons. The molecule has 7 nitrogen and oxygen atoms in total. The summed E-state index contributed by atoms with van der Waals surface area (Å²) in [6.45, 7) is 10.5. The van der Waals surface area contributed by atoms with Crippen molar-refractivity contribution in [1.29, 1.82) is 10.8 Å². The smallest absolute Gasteiger partial charge is 0.119 e. The Morgan fingerprint density at radius 1 is 1.19 bits per heavy atom. The largest absolute Gasteiger partial charge is 0.501 e. The number of ether oxygens (including phenoxy) is 2. The monoisotopic (exact) mass is 443 g/mol. The SMILES string of the molecule is CN=C(CN=C(C)/C=C\C(C(C)C)N(CC=C(C=C(C)OC)OC)CC1CC1)C(=N)C=N. The quantitative estimate of drug-likeness (QED) is 0.221. The maximum Gasteiger partial charge on any atom is 0.119 e. The van der Waals surface area contributed by atoms with Crippen molar-refractivity contribution < 1.29 is 9.47 Å². The highest BCUT2D eigenvalue weighted by Gasteiger charge is 2.28. The van der Waals surface area contributed by atoms with Crippen LogP contribution in [0, 0.1) is 22.7 Å². The Hall–Kier alpha value is -2.54. The summed E-state index contributed by atoms with van der Waals surface area (Å²) in [5.74, 6) is 2.82. The van der Waals surface area contributed by atoms with Crippen molar-refractivity contribution in [2.45, 2.75) is 46.6 Å². The molecule has 1 atom stereocenters. The Kier molecular flexibility index (Phi) is 12.5. The first kappa shape index (κ1) is 27.5. The molecular weight excluding hydrogens is 402 g/mol. The molecule has 1 aliphatic rings. The highest BCUT2D eigenvalue weighted by Crippen LogP contribution is 2.31. The molecule has 0 aromatic carbocycles. The molecule has 1 rings (SSSR count). The number of nitrogens with one attached hydrogen (secondary N) is 2. The predicted molar refractivity (Wildman–Crippen MR) is 136 cm³/mol. The fourth-order valence-electron chi connectivity index (χ4n) is 3.23. The van der Waals surface area contributed by atoms with Crippen molar-refractivity contribution in [2.24, 2.45) is 21.8 Å². The number of allylic oxidation sites excluding steroid dienone is 3. The lowest BCUT2D eigenvalue weighted by Gasteiger charge is -2.32. The standard InChI is InChI=1S/C25H41N5O2/c1-18(2)25(11-8-19(3)29-16-24(28-5)23(27)15-26)30(17-21-9-10-21)13-12-22(32-7)14-20(4)31-6/h8,11-12,14-15,18,21,25-27H,9-10,13,16-17H2,1-7H3/b11-8-,20-14?,22-12?,26-15?,27-23?,28-24?,29-19?. The van der Waals surface area contributed by atoms with Crippen LogP contribution in [0.25, 0.3) is 0 Å². The van der Waals surface area contributed by atoms with Crippen LogP contribution >= 0.6 is 0 Å². The van der Waals surface area contributed by atoms with Gasteiger partial charge in [-0.2, -0.15) is 0 Å². The van der Waals surface area contributed by atoms with Crippen LogP contribution in [0.5, 0.6) is 0 Å². The molecule has 1 saturated carbocycles. The molecule has 1 fully saturated rings. The fraction of sp³-hybridized carbons (Fsp3) is 0.600. The summed E-state index contributed by atoms with van der Waals surface area (Å²) in [6.07, 6.45) is 11.9. The van der Waals surface area contributed by atoms with Crippen molar-refractivity contribution in [2.75, 3.05) is 40.9 Å². The molecule has 0 radical (unpaired) electrons. The molecule has 0 saturated heterocycles. The second-order valence-electron chi connectivity index (χ2n) is 8.45. The lowest BCUT2D eigenvalue weighted by Crippen LogP contribution is -2.39. The number of hydrogen-bond acceptors (Lipinski definition) is 7. The summed E-state index contributed by atoms with van der Waals surface area (Å²) >= 11 is 0. The van der Waals surface area contributed by atoms with Crippen molar-refractivity contribution in [3.63, 3.8) is 0 Å². The average Bonchev–Trinajstić information content (AvgIpc) is 3.59. The molecule has 0 amide bonds. The van der Waals surface area contributed by atoms with Crippen LogP contribution in [-0.2, 0) is 9.47 Å². The van der Waals surface area contributed by atoms with E-state index in [1.807, 2.05) is 19.9 Å². The van der Waals surface area contributed by atoms with Crippen LogP contribution in [0.2, 0.25) is 0 Å². The van der Waals surface area contributed by atoms with Gasteiger partial charge >= 0.3 is 0 Å². The number of methoxy groups -OCH3 is 2. The molecule has 0 aromatic heterocycles. The van der Waals surface area contributed by atoms with Gasteiger partial charge in [0.25, 0.3) is 0 Å². The number of aliphatic imine (C=N–C) groups is 2. The van der Waals surface area contributed by atoms with Crippen LogP contribution in [0.3, 0.4) is 0 Å². The van der Waals surface area contributed by atoms with E-state index in [9.17, 15) is 0 Å². The van der Waals surface area contributed by atoms with Gasteiger partial charge in [0.05, 0.1) is 37.9 Å². The fourth-order valence-corrected chi connectivity index (χ4v) is 3.23. The molecular formula is C25H41N5O2. The van der Waals surface area contributed by atoms with E-state index in [-0.39, 0.29) is 11.8 Å². The summed E-state index contributed by atoms with van der Waals surface area (Å²) in [5, 5.41) is 15.0. The van der Waals surface area contributed by atoms with E-state index in [0.29, 0.717) is 18.2 Å². The Morgan fingerprint density at radius 3 is 2.38 bits per heavy atom. The zero-order valence-corrected chi connectivity index (χ0v) is 20.8. The minimum absolute atomic E-state index is 0.0992. The van der Waals surface area contributed by atoms with E-state index in [2.05, 4.69) is 47.0 Å². The average molecular weight is 444 g/mol. The molecule has 2 N–H and O–H groups in total. The van der Waals surface area contributed by atoms with Gasteiger partial charge in [0, 0.05) is 44.2 Å². The van der Waals surface area contributed by atoms with Gasteiger partial charge in [-0.3, -0.25) is 20.3 Å². The van der Waals surface area contributed by atoms with Crippen LogP contribution in [0.15, 0.2) is 45.8 Å². The van der Waals surface area contributed by atoms with Gasteiger partial charge in [-0.05, 0) is 50.7 Å². The minimum Gasteiger partial charge on any atom is -0.501 e. The van der Waals surface area contributed by atoms with Gasteiger partial charge in [0.15, 0.2) is 0 Å². The van der Waals surface area contributed by atoms with Crippen molar-refractivity contribution in [3.05, 3.63) is 35.8 Å². The second kappa shape index (κ2) is 14.5. The highest BCUT2D eigenvalue weighted by molar-refractivity contribution is 6.61. The zero-order valence-electron chi connectivity index (χ0n) is 20.8. The number of nitrogens with zero attached hydrogens (tertiary/aromatic N) is 3. The third-order valence-corrected chi connectivity index (χ3v) is 5.46. The van der Waals surface area contributed by atoms with Crippen LogP contribution < -0.4 is 0 Å². The normalized spacial score (nSPS) is 17.3. The number of hydrogen-bond donors (Lipinski definition) is 2. The zero-order chi connectivity index (χ0) is 24.1.